The summed E-state index contributed by atoms with van der Waals surface area (Å²) < 4.78 is 18.3. The van der Waals surface area contributed by atoms with E-state index in [0.29, 0.717) is 16.1 Å². The predicted octanol–water partition coefficient (Wildman–Crippen LogP) is 5.25. The normalized spacial score (nSPS) is 14.5. The minimum atomic E-state index is -0.544. The molecule has 6 nitrogen and oxygen atoms in total. The van der Waals surface area contributed by atoms with Gasteiger partial charge in [-0.2, -0.15) is 0 Å². The average Bonchev–Trinajstić information content (AvgIpc) is 3.33. The standard InChI is InChI=1S/C29H28FN3O3S/c1-36-29(35)27-25(21-9-11-23(30)12-10-21)19-37-28(27)31-26(34)18-33-15-13-32(14-16-33)17-22-7-4-6-20-5-2-3-8-24(20)22/h2-12,19H,13-18H2,1H3,(H,31,34). The molecule has 190 valence electrons. The van der Waals surface area contributed by atoms with E-state index in [2.05, 4.69) is 57.6 Å². The SMILES string of the molecule is COC(=O)c1c(-c2ccc(F)cc2)csc1NC(=O)CN1CCN(Cc2cccc3ccccc23)CC1. The maximum Gasteiger partial charge on any atom is 0.341 e. The first-order valence-corrected chi connectivity index (χ1v) is 13.1. The number of nitrogens with one attached hydrogen (secondary N) is 1. The first-order valence-electron chi connectivity index (χ1n) is 12.2. The van der Waals surface area contributed by atoms with E-state index in [4.69, 9.17) is 4.74 Å². The number of methoxy groups -OCH3 is 1. The molecule has 1 aliphatic rings. The number of thiophene rings is 1. The Bertz CT molecular complexity index is 1410. The molecule has 0 radical (unpaired) electrons. The smallest absolute Gasteiger partial charge is 0.341 e. The van der Waals surface area contributed by atoms with E-state index in [-0.39, 0.29) is 23.8 Å². The highest BCUT2D eigenvalue weighted by molar-refractivity contribution is 7.15. The Balaban J connectivity index is 1.20. The van der Waals surface area contributed by atoms with Gasteiger partial charge in [-0.05, 0) is 34.0 Å². The molecule has 1 amide bonds. The molecule has 2 heterocycles. The van der Waals surface area contributed by atoms with Gasteiger partial charge in [0.1, 0.15) is 16.4 Å². The van der Waals surface area contributed by atoms with Crippen LogP contribution in [0, 0.1) is 5.82 Å². The molecule has 5 rings (SSSR count). The van der Waals surface area contributed by atoms with Crippen molar-refractivity contribution in [3.63, 3.8) is 0 Å². The molecule has 1 aliphatic heterocycles. The van der Waals surface area contributed by atoms with Crippen molar-refractivity contribution < 1.29 is 18.7 Å². The summed E-state index contributed by atoms with van der Waals surface area (Å²) in [5.41, 5.74) is 2.89. The van der Waals surface area contributed by atoms with Gasteiger partial charge in [-0.1, -0.05) is 54.6 Å². The van der Waals surface area contributed by atoms with Crippen LogP contribution in [-0.4, -0.2) is 61.5 Å². The molecule has 4 aromatic rings. The first kappa shape index (κ1) is 25.1. The number of amides is 1. The summed E-state index contributed by atoms with van der Waals surface area (Å²) >= 11 is 1.26. The molecule has 0 saturated carbocycles. The lowest BCUT2D eigenvalue weighted by molar-refractivity contribution is -0.117. The van der Waals surface area contributed by atoms with Crippen molar-refractivity contribution in [3.8, 4) is 11.1 Å². The van der Waals surface area contributed by atoms with Crippen LogP contribution in [0.15, 0.2) is 72.1 Å². The average molecular weight is 518 g/mol. The third kappa shape index (κ3) is 5.72. The maximum absolute atomic E-state index is 13.4. The maximum atomic E-state index is 13.4. The van der Waals surface area contributed by atoms with Gasteiger partial charge in [-0.15, -0.1) is 11.3 Å². The van der Waals surface area contributed by atoms with Gasteiger partial charge in [0.2, 0.25) is 5.91 Å². The monoisotopic (exact) mass is 517 g/mol. The van der Waals surface area contributed by atoms with E-state index < -0.39 is 5.97 Å². The van der Waals surface area contributed by atoms with Crippen LogP contribution < -0.4 is 5.32 Å². The lowest BCUT2D eigenvalue weighted by Gasteiger charge is -2.34. The lowest BCUT2D eigenvalue weighted by Crippen LogP contribution is -2.48. The second-order valence-electron chi connectivity index (χ2n) is 9.09. The topological polar surface area (TPSA) is 61.9 Å². The van der Waals surface area contributed by atoms with E-state index in [1.165, 1.54) is 46.9 Å². The number of ether oxygens (including phenoxy) is 1. The van der Waals surface area contributed by atoms with Crippen LogP contribution in [0.4, 0.5) is 9.39 Å². The summed E-state index contributed by atoms with van der Waals surface area (Å²) in [7, 11) is 1.30. The van der Waals surface area contributed by atoms with Gasteiger partial charge in [-0.3, -0.25) is 14.6 Å². The van der Waals surface area contributed by atoms with Gasteiger partial charge < -0.3 is 10.1 Å². The number of fused-ring (bicyclic) bond motifs is 1. The fourth-order valence-corrected chi connectivity index (χ4v) is 5.72. The first-order chi connectivity index (χ1) is 18.0. The molecule has 1 fully saturated rings. The molecule has 3 aromatic carbocycles. The van der Waals surface area contributed by atoms with Crippen molar-refractivity contribution >= 4 is 39.0 Å². The second kappa shape index (κ2) is 11.2. The number of hydrogen-bond donors (Lipinski definition) is 1. The molecule has 8 heteroatoms. The summed E-state index contributed by atoms with van der Waals surface area (Å²) in [6.45, 7) is 4.44. The van der Waals surface area contributed by atoms with Gasteiger partial charge in [0.15, 0.2) is 0 Å². The summed E-state index contributed by atoms with van der Waals surface area (Å²) in [6, 6.07) is 20.7. The number of carbonyl (C=O) groups is 2. The van der Waals surface area contributed by atoms with Crippen molar-refractivity contribution in [1.29, 1.82) is 0 Å². The molecule has 0 spiro atoms. The third-order valence-electron chi connectivity index (χ3n) is 6.69. The van der Waals surface area contributed by atoms with Crippen LogP contribution in [0.5, 0.6) is 0 Å². The van der Waals surface area contributed by atoms with Crippen LogP contribution in [0.2, 0.25) is 0 Å². The number of esters is 1. The fraction of sp³-hybridized carbons (Fsp3) is 0.241. The van der Waals surface area contributed by atoms with Crippen molar-refractivity contribution in [3.05, 3.63) is 89.1 Å². The highest BCUT2D eigenvalue weighted by Gasteiger charge is 2.24. The van der Waals surface area contributed by atoms with Gasteiger partial charge in [-0.25, -0.2) is 9.18 Å². The van der Waals surface area contributed by atoms with Gasteiger partial charge in [0.05, 0.1) is 13.7 Å². The third-order valence-corrected chi connectivity index (χ3v) is 7.59. The summed E-state index contributed by atoms with van der Waals surface area (Å²) in [5, 5.41) is 7.64. The Hall–Kier alpha value is -3.59. The molecule has 0 aliphatic carbocycles. The van der Waals surface area contributed by atoms with E-state index in [0.717, 1.165) is 32.7 Å². The minimum absolute atomic E-state index is 0.180. The Morgan fingerprint density at radius 2 is 1.65 bits per heavy atom. The quantitative estimate of drug-likeness (QED) is 0.339. The predicted molar refractivity (Wildman–Crippen MR) is 145 cm³/mol. The van der Waals surface area contributed by atoms with Crippen LogP contribution >= 0.6 is 11.3 Å². The summed E-state index contributed by atoms with van der Waals surface area (Å²) in [6.07, 6.45) is 0. The Labute approximate surface area is 219 Å². The summed E-state index contributed by atoms with van der Waals surface area (Å²) in [5.74, 6) is -1.08. The number of hydrogen-bond acceptors (Lipinski definition) is 6. The molecule has 0 unspecified atom stereocenters. The molecule has 1 aromatic heterocycles. The second-order valence-corrected chi connectivity index (χ2v) is 9.97. The van der Waals surface area contributed by atoms with Gasteiger partial charge in [0, 0.05) is 43.7 Å². The van der Waals surface area contributed by atoms with E-state index in [1.807, 2.05) is 0 Å². The van der Waals surface area contributed by atoms with E-state index in [9.17, 15) is 14.0 Å². The lowest BCUT2D eigenvalue weighted by atomic mass is 10.0. The minimum Gasteiger partial charge on any atom is -0.465 e. The molecule has 1 N–H and O–H groups in total. The highest BCUT2D eigenvalue weighted by atomic mass is 32.1. The number of rotatable bonds is 7. The zero-order valence-electron chi connectivity index (χ0n) is 20.6. The number of nitrogens with zero attached hydrogens (tertiary/aromatic N) is 2. The van der Waals surface area contributed by atoms with E-state index >= 15 is 0 Å². The molecule has 0 bridgehead atoms. The number of piperazine rings is 1. The van der Waals surface area contributed by atoms with Gasteiger partial charge >= 0.3 is 5.97 Å². The fourth-order valence-electron chi connectivity index (χ4n) is 4.74. The zero-order chi connectivity index (χ0) is 25.8. The largest absolute Gasteiger partial charge is 0.465 e. The van der Waals surface area contributed by atoms with Crippen LogP contribution in [0.25, 0.3) is 21.9 Å². The van der Waals surface area contributed by atoms with Crippen molar-refractivity contribution in [2.75, 3.05) is 45.2 Å². The molecule has 37 heavy (non-hydrogen) atoms. The van der Waals surface area contributed by atoms with Crippen LogP contribution in [-0.2, 0) is 16.1 Å². The molecular weight excluding hydrogens is 489 g/mol. The van der Waals surface area contributed by atoms with Crippen molar-refractivity contribution in [1.82, 2.24) is 9.80 Å². The highest BCUT2D eigenvalue weighted by Crippen LogP contribution is 2.36. The van der Waals surface area contributed by atoms with E-state index in [1.54, 1.807) is 17.5 Å². The molecule has 1 saturated heterocycles. The zero-order valence-corrected chi connectivity index (χ0v) is 21.4. The number of halogens is 1. The van der Waals surface area contributed by atoms with Crippen molar-refractivity contribution in [2.45, 2.75) is 6.54 Å². The Kier molecular flexibility index (Phi) is 7.60. The number of benzene rings is 3. The number of carbonyl (C=O) groups excluding carboxylic acids is 2. The van der Waals surface area contributed by atoms with Gasteiger partial charge in [0.25, 0.3) is 0 Å². The number of anilines is 1. The molecular formula is C29H28FN3O3S. The Morgan fingerprint density at radius 3 is 2.41 bits per heavy atom. The van der Waals surface area contributed by atoms with Crippen LogP contribution in [0.3, 0.4) is 0 Å². The summed E-state index contributed by atoms with van der Waals surface area (Å²) in [4.78, 5) is 30.0. The molecule has 0 atom stereocenters. The van der Waals surface area contributed by atoms with Crippen molar-refractivity contribution in [2.24, 2.45) is 0 Å². The van der Waals surface area contributed by atoms with Crippen LogP contribution in [0.1, 0.15) is 15.9 Å². The Morgan fingerprint density at radius 1 is 0.946 bits per heavy atom.